The Morgan fingerprint density at radius 1 is 1.42 bits per heavy atom. The fourth-order valence-corrected chi connectivity index (χ4v) is 1.69. The summed E-state index contributed by atoms with van der Waals surface area (Å²) in [5, 5.41) is 2.04. The van der Waals surface area contributed by atoms with E-state index in [4.69, 9.17) is 11.6 Å². The topological polar surface area (TPSA) is 15.8 Å². The van der Waals surface area contributed by atoms with Crippen molar-refractivity contribution in [3.8, 4) is 0 Å². The number of nitrogens with one attached hydrogen (secondary N) is 1. The van der Waals surface area contributed by atoms with Crippen LogP contribution < -0.4 is 0 Å². The molecule has 0 fully saturated rings. The van der Waals surface area contributed by atoms with E-state index in [1.54, 1.807) is 0 Å². The predicted molar refractivity (Wildman–Crippen MR) is 52.7 cm³/mol. The minimum Gasteiger partial charge on any atom is -0.361 e. The first kappa shape index (κ1) is 7.69. The van der Waals surface area contributed by atoms with Crippen LogP contribution in [0.4, 0.5) is 0 Å². The maximum absolute atomic E-state index is 6.05. The number of aromatic nitrogens is 1. The van der Waals surface area contributed by atoms with Crippen molar-refractivity contribution in [1.82, 2.24) is 4.98 Å². The first-order chi connectivity index (χ1) is 5.81. The summed E-state index contributed by atoms with van der Waals surface area (Å²) in [5.41, 5.74) is 2.36. The smallest absolute Gasteiger partial charge is 0.0457 e. The molecule has 0 aliphatic heterocycles. The van der Waals surface area contributed by atoms with Crippen molar-refractivity contribution in [2.45, 2.75) is 13.3 Å². The summed E-state index contributed by atoms with van der Waals surface area (Å²) >= 11 is 6.05. The number of halogens is 1. The van der Waals surface area contributed by atoms with Crippen LogP contribution in [0.3, 0.4) is 0 Å². The first-order valence-corrected chi connectivity index (χ1v) is 4.44. The second-order valence-corrected chi connectivity index (χ2v) is 3.27. The molecule has 12 heavy (non-hydrogen) atoms. The van der Waals surface area contributed by atoms with Gasteiger partial charge in [-0.2, -0.15) is 0 Å². The SMILES string of the molecule is CCc1cc2[nH]ccc2cc1Cl. The number of hydrogen-bond donors (Lipinski definition) is 1. The third-order valence-electron chi connectivity index (χ3n) is 2.10. The van der Waals surface area contributed by atoms with Crippen LogP contribution in [-0.2, 0) is 6.42 Å². The molecule has 0 saturated carbocycles. The monoisotopic (exact) mass is 179 g/mol. The van der Waals surface area contributed by atoms with E-state index in [1.165, 1.54) is 10.9 Å². The summed E-state index contributed by atoms with van der Waals surface area (Å²) < 4.78 is 0. The van der Waals surface area contributed by atoms with Crippen LogP contribution in [0.1, 0.15) is 12.5 Å². The van der Waals surface area contributed by atoms with Crippen LogP contribution in [0.5, 0.6) is 0 Å². The predicted octanol–water partition coefficient (Wildman–Crippen LogP) is 3.38. The van der Waals surface area contributed by atoms with Gasteiger partial charge >= 0.3 is 0 Å². The average molecular weight is 180 g/mol. The van der Waals surface area contributed by atoms with Gasteiger partial charge in [-0.05, 0) is 30.2 Å². The summed E-state index contributed by atoms with van der Waals surface area (Å²) in [7, 11) is 0. The highest BCUT2D eigenvalue weighted by atomic mass is 35.5. The second kappa shape index (κ2) is 2.83. The Labute approximate surface area is 76.4 Å². The molecule has 0 atom stereocenters. The fraction of sp³-hybridized carbons (Fsp3) is 0.200. The van der Waals surface area contributed by atoms with Crippen molar-refractivity contribution in [2.24, 2.45) is 0 Å². The molecule has 2 heteroatoms. The third-order valence-corrected chi connectivity index (χ3v) is 2.45. The van der Waals surface area contributed by atoms with Crippen molar-refractivity contribution in [1.29, 1.82) is 0 Å². The molecule has 0 radical (unpaired) electrons. The summed E-state index contributed by atoms with van der Waals surface area (Å²) in [4.78, 5) is 3.16. The van der Waals surface area contributed by atoms with Crippen molar-refractivity contribution in [3.63, 3.8) is 0 Å². The van der Waals surface area contributed by atoms with Gasteiger partial charge in [-0.1, -0.05) is 18.5 Å². The lowest BCUT2D eigenvalue weighted by Crippen LogP contribution is -1.81. The van der Waals surface area contributed by atoms with E-state index in [9.17, 15) is 0 Å². The lowest BCUT2D eigenvalue weighted by Gasteiger charge is -2.00. The molecule has 0 amide bonds. The lowest BCUT2D eigenvalue weighted by molar-refractivity contribution is 1.14. The van der Waals surface area contributed by atoms with Crippen LogP contribution in [0, 0.1) is 0 Å². The molecule has 2 aromatic rings. The maximum Gasteiger partial charge on any atom is 0.0457 e. The normalized spacial score (nSPS) is 10.8. The summed E-state index contributed by atoms with van der Waals surface area (Å²) in [6.45, 7) is 2.11. The van der Waals surface area contributed by atoms with Crippen molar-refractivity contribution in [2.75, 3.05) is 0 Å². The van der Waals surface area contributed by atoms with Crippen LogP contribution in [0.25, 0.3) is 10.9 Å². The Balaban J connectivity index is 2.73. The largest absolute Gasteiger partial charge is 0.361 e. The molecule has 0 aliphatic rings. The highest BCUT2D eigenvalue weighted by Gasteiger charge is 2.00. The van der Waals surface area contributed by atoms with Gasteiger partial charge in [-0.3, -0.25) is 0 Å². The molecular formula is C10H10ClN. The molecule has 0 unspecified atom stereocenters. The summed E-state index contributed by atoms with van der Waals surface area (Å²) in [6.07, 6.45) is 2.91. The van der Waals surface area contributed by atoms with Gasteiger partial charge < -0.3 is 4.98 Å². The molecule has 2 rings (SSSR count). The van der Waals surface area contributed by atoms with Gasteiger partial charge in [0.1, 0.15) is 0 Å². The highest BCUT2D eigenvalue weighted by Crippen LogP contribution is 2.23. The number of aromatic amines is 1. The van der Waals surface area contributed by atoms with Gasteiger partial charge in [0.2, 0.25) is 0 Å². The van der Waals surface area contributed by atoms with Crippen molar-refractivity contribution in [3.05, 3.63) is 35.0 Å². The van der Waals surface area contributed by atoms with Gasteiger partial charge in [0, 0.05) is 22.1 Å². The molecule has 62 valence electrons. The number of benzene rings is 1. The second-order valence-electron chi connectivity index (χ2n) is 2.86. The van der Waals surface area contributed by atoms with Crippen LogP contribution in [-0.4, -0.2) is 4.98 Å². The third kappa shape index (κ3) is 1.10. The van der Waals surface area contributed by atoms with E-state index in [0.717, 1.165) is 17.0 Å². The number of fused-ring (bicyclic) bond motifs is 1. The number of H-pyrrole nitrogens is 1. The van der Waals surface area contributed by atoms with E-state index in [1.807, 2.05) is 18.3 Å². The molecule has 0 spiro atoms. The Hall–Kier alpha value is -0.950. The molecule has 0 bridgehead atoms. The molecule has 0 saturated heterocycles. The standard InChI is InChI=1S/C10H10ClN/c1-2-7-6-10-8(3-4-12-10)5-9(7)11/h3-6,12H,2H2,1H3. The zero-order valence-corrected chi connectivity index (χ0v) is 7.65. The minimum absolute atomic E-state index is 0.865. The van der Waals surface area contributed by atoms with Gasteiger partial charge in [0.05, 0.1) is 0 Å². The molecule has 1 N–H and O–H groups in total. The zero-order valence-electron chi connectivity index (χ0n) is 6.89. The Morgan fingerprint density at radius 2 is 2.25 bits per heavy atom. The van der Waals surface area contributed by atoms with Crippen LogP contribution >= 0.6 is 11.6 Å². The fourth-order valence-electron chi connectivity index (χ4n) is 1.39. The number of rotatable bonds is 1. The van der Waals surface area contributed by atoms with E-state index in [2.05, 4.69) is 18.0 Å². The molecule has 1 aromatic carbocycles. The van der Waals surface area contributed by atoms with Crippen molar-refractivity contribution < 1.29 is 0 Å². The van der Waals surface area contributed by atoms with Gasteiger partial charge in [0.25, 0.3) is 0 Å². The minimum atomic E-state index is 0.865. The zero-order chi connectivity index (χ0) is 8.55. The number of hydrogen-bond acceptors (Lipinski definition) is 0. The quantitative estimate of drug-likeness (QED) is 0.691. The van der Waals surface area contributed by atoms with Gasteiger partial charge in [-0.25, -0.2) is 0 Å². The van der Waals surface area contributed by atoms with Crippen LogP contribution in [0.15, 0.2) is 24.4 Å². The molecule has 1 aromatic heterocycles. The molecule has 1 nitrogen and oxygen atoms in total. The van der Waals surface area contributed by atoms with E-state index < -0.39 is 0 Å². The Morgan fingerprint density at radius 3 is 3.00 bits per heavy atom. The first-order valence-electron chi connectivity index (χ1n) is 4.07. The molecule has 0 aliphatic carbocycles. The molecule has 1 heterocycles. The summed E-state index contributed by atoms with van der Waals surface area (Å²) in [5.74, 6) is 0. The Kier molecular flexibility index (Phi) is 1.81. The highest BCUT2D eigenvalue weighted by molar-refractivity contribution is 6.32. The van der Waals surface area contributed by atoms with E-state index >= 15 is 0 Å². The van der Waals surface area contributed by atoms with Gasteiger partial charge in [0.15, 0.2) is 0 Å². The van der Waals surface area contributed by atoms with Crippen molar-refractivity contribution >= 4 is 22.5 Å². The van der Waals surface area contributed by atoms with E-state index in [-0.39, 0.29) is 0 Å². The maximum atomic E-state index is 6.05. The van der Waals surface area contributed by atoms with Gasteiger partial charge in [-0.15, -0.1) is 0 Å². The van der Waals surface area contributed by atoms with Crippen LogP contribution in [0.2, 0.25) is 5.02 Å². The summed E-state index contributed by atoms with van der Waals surface area (Å²) in [6, 6.07) is 6.14. The molecular weight excluding hydrogens is 170 g/mol. The average Bonchev–Trinajstić information content (AvgIpc) is 2.49. The van der Waals surface area contributed by atoms with E-state index in [0.29, 0.717) is 0 Å². The number of aryl methyl sites for hydroxylation is 1. The Bertz CT molecular complexity index is 403. The lowest BCUT2D eigenvalue weighted by atomic mass is 10.1.